The van der Waals surface area contributed by atoms with Gasteiger partial charge in [-0.15, -0.1) is 0 Å². The van der Waals surface area contributed by atoms with Crippen LogP contribution in [0.5, 0.6) is 5.75 Å². The highest BCUT2D eigenvalue weighted by Crippen LogP contribution is 2.22. The third kappa shape index (κ3) is 3.02. The first-order valence-electron chi connectivity index (χ1n) is 6.07. The second-order valence-electron chi connectivity index (χ2n) is 5.09. The van der Waals surface area contributed by atoms with Gasteiger partial charge in [0.05, 0.1) is 6.61 Å². The van der Waals surface area contributed by atoms with E-state index in [0.29, 0.717) is 19.8 Å². The number of para-hydroxylation sites is 1. The van der Waals surface area contributed by atoms with Crippen molar-refractivity contribution in [2.75, 3.05) is 19.8 Å². The van der Waals surface area contributed by atoms with Crippen LogP contribution in [-0.4, -0.2) is 26.9 Å². The van der Waals surface area contributed by atoms with E-state index in [1.165, 1.54) is 0 Å². The van der Waals surface area contributed by atoms with Crippen LogP contribution in [0.15, 0.2) is 24.3 Å². The molecule has 0 N–H and O–H groups in total. The maximum absolute atomic E-state index is 5.76. The van der Waals surface area contributed by atoms with Gasteiger partial charge in [-0.2, -0.15) is 0 Å². The van der Waals surface area contributed by atoms with Crippen molar-refractivity contribution in [2.45, 2.75) is 20.8 Å². The molecule has 4 heteroatoms. The molecule has 1 aromatic carbocycles. The Morgan fingerprint density at radius 3 is 2.53 bits per heavy atom. The van der Waals surface area contributed by atoms with Crippen molar-refractivity contribution in [3.05, 3.63) is 24.3 Å². The lowest BCUT2D eigenvalue weighted by Crippen LogP contribution is -2.47. The Morgan fingerprint density at radius 1 is 1.24 bits per heavy atom. The molecule has 92 valence electrons. The Bertz CT molecular complexity index is 369. The van der Waals surface area contributed by atoms with E-state index in [-0.39, 0.29) is 12.5 Å². The number of rotatable bonds is 3. The molecule has 1 heterocycles. The van der Waals surface area contributed by atoms with Gasteiger partial charge < -0.3 is 14.0 Å². The smallest absolute Gasteiger partial charge is 0.494 e. The molecular weight excluding hydrogens is 215 g/mol. The van der Waals surface area contributed by atoms with E-state index in [2.05, 4.69) is 13.8 Å². The Labute approximate surface area is 103 Å². The van der Waals surface area contributed by atoms with Crippen LogP contribution in [0, 0.1) is 5.41 Å². The summed E-state index contributed by atoms with van der Waals surface area (Å²) in [7, 11) is -0.300. The molecule has 17 heavy (non-hydrogen) atoms. The zero-order valence-corrected chi connectivity index (χ0v) is 10.7. The largest absolute Gasteiger partial charge is 0.497 e. The summed E-state index contributed by atoms with van der Waals surface area (Å²) in [6, 6.07) is 7.88. The third-order valence-corrected chi connectivity index (χ3v) is 2.72. The molecule has 2 rings (SSSR count). The minimum absolute atomic E-state index is 0.0943. The summed E-state index contributed by atoms with van der Waals surface area (Å²) in [5, 5.41) is 0. The van der Waals surface area contributed by atoms with Crippen molar-refractivity contribution < 1.29 is 14.0 Å². The Kier molecular flexibility index (Phi) is 3.74. The van der Waals surface area contributed by atoms with Crippen molar-refractivity contribution in [1.82, 2.24) is 0 Å². The highest BCUT2D eigenvalue weighted by molar-refractivity contribution is 6.62. The fraction of sp³-hybridized carbons (Fsp3) is 0.538. The molecule has 0 bridgehead atoms. The van der Waals surface area contributed by atoms with Gasteiger partial charge in [0.2, 0.25) is 0 Å². The number of hydrogen-bond donors (Lipinski definition) is 0. The van der Waals surface area contributed by atoms with Crippen molar-refractivity contribution in [1.29, 1.82) is 0 Å². The summed E-state index contributed by atoms with van der Waals surface area (Å²) in [4.78, 5) is 0. The molecule has 1 saturated heterocycles. The Hall–Kier alpha value is -0.995. The molecule has 0 atom stereocenters. The summed E-state index contributed by atoms with van der Waals surface area (Å²) in [6.45, 7) is 8.31. The second-order valence-corrected chi connectivity index (χ2v) is 5.09. The van der Waals surface area contributed by atoms with Gasteiger partial charge in [0, 0.05) is 24.1 Å². The van der Waals surface area contributed by atoms with Gasteiger partial charge in [-0.05, 0) is 13.0 Å². The lowest BCUT2D eigenvalue weighted by Gasteiger charge is -2.33. The van der Waals surface area contributed by atoms with E-state index in [1.807, 2.05) is 31.2 Å². The molecule has 1 fully saturated rings. The average molecular weight is 234 g/mol. The molecule has 0 aliphatic carbocycles. The van der Waals surface area contributed by atoms with Gasteiger partial charge in [0.25, 0.3) is 0 Å². The first-order chi connectivity index (χ1) is 8.12. The summed E-state index contributed by atoms with van der Waals surface area (Å²) in [5.74, 6) is 0.847. The van der Waals surface area contributed by atoms with Crippen LogP contribution in [0.25, 0.3) is 0 Å². The van der Waals surface area contributed by atoms with E-state index in [4.69, 9.17) is 14.0 Å². The van der Waals surface area contributed by atoms with Crippen molar-refractivity contribution >= 4 is 12.6 Å². The van der Waals surface area contributed by atoms with Crippen molar-refractivity contribution in [3.8, 4) is 5.75 Å². The SMILES string of the molecule is CCOc1ccccc1B1OCC(C)(C)CO1. The normalized spacial score (nSPS) is 19.1. The molecule has 1 aromatic rings. The lowest BCUT2D eigenvalue weighted by molar-refractivity contribution is 0.0341. The monoisotopic (exact) mass is 234 g/mol. The predicted octanol–water partition coefficient (Wildman–Crippen LogP) is 1.85. The van der Waals surface area contributed by atoms with Crippen LogP contribution >= 0.6 is 0 Å². The Morgan fingerprint density at radius 2 is 1.88 bits per heavy atom. The molecule has 0 saturated carbocycles. The predicted molar refractivity (Wildman–Crippen MR) is 68.7 cm³/mol. The Balaban J connectivity index is 2.12. The van der Waals surface area contributed by atoms with E-state index >= 15 is 0 Å². The molecule has 0 amide bonds. The summed E-state index contributed by atoms with van der Waals surface area (Å²) in [5.41, 5.74) is 1.07. The minimum atomic E-state index is -0.300. The van der Waals surface area contributed by atoms with Gasteiger partial charge in [-0.1, -0.05) is 32.0 Å². The third-order valence-electron chi connectivity index (χ3n) is 2.72. The van der Waals surface area contributed by atoms with Crippen LogP contribution in [0.1, 0.15) is 20.8 Å². The zero-order valence-electron chi connectivity index (χ0n) is 10.7. The fourth-order valence-corrected chi connectivity index (χ4v) is 1.83. The van der Waals surface area contributed by atoms with Crippen molar-refractivity contribution in [2.24, 2.45) is 5.41 Å². The van der Waals surface area contributed by atoms with Gasteiger partial charge in [-0.25, -0.2) is 0 Å². The molecule has 1 aliphatic heterocycles. The lowest BCUT2D eigenvalue weighted by atomic mass is 9.75. The summed E-state index contributed by atoms with van der Waals surface area (Å²) < 4.78 is 17.1. The van der Waals surface area contributed by atoms with Crippen LogP contribution in [0.2, 0.25) is 0 Å². The first-order valence-corrected chi connectivity index (χ1v) is 6.07. The quantitative estimate of drug-likeness (QED) is 0.747. The van der Waals surface area contributed by atoms with Crippen LogP contribution < -0.4 is 10.2 Å². The van der Waals surface area contributed by atoms with Crippen LogP contribution in [0.4, 0.5) is 0 Å². The van der Waals surface area contributed by atoms with Crippen molar-refractivity contribution in [3.63, 3.8) is 0 Å². The van der Waals surface area contributed by atoms with Crippen LogP contribution in [0.3, 0.4) is 0 Å². The van der Waals surface area contributed by atoms with E-state index < -0.39 is 0 Å². The van der Waals surface area contributed by atoms with Gasteiger partial charge >= 0.3 is 7.12 Å². The molecule has 0 unspecified atom stereocenters. The molecular formula is C13H19BO3. The first kappa shape index (κ1) is 12.5. The summed E-state index contributed by atoms with van der Waals surface area (Å²) in [6.07, 6.45) is 0. The maximum atomic E-state index is 5.76. The molecule has 3 nitrogen and oxygen atoms in total. The second kappa shape index (κ2) is 5.11. The van der Waals surface area contributed by atoms with E-state index in [1.54, 1.807) is 0 Å². The zero-order chi connectivity index (χ0) is 12.3. The highest BCUT2D eigenvalue weighted by atomic mass is 16.6. The molecule has 1 aliphatic rings. The van der Waals surface area contributed by atoms with Gasteiger partial charge in [-0.3, -0.25) is 0 Å². The highest BCUT2D eigenvalue weighted by Gasteiger charge is 2.34. The van der Waals surface area contributed by atoms with Crippen LogP contribution in [-0.2, 0) is 9.31 Å². The maximum Gasteiger partial charge on any atom is 0.497 e. The molecule has 0 aromatic heterocycles. The number of hydrogen-bond acceptors (Lipinski definition) is 3. The van der Waals surface area contributed by atoms with Gasteiger partial charge in [0.15, 0.2) is 0 Å². The fourth-order valence-electron chi connectivity index (χ4n) is 1.83. The standard InChI is InChI=1S/C13H19BO3/c1-4-15-12-8-6-5-7-11(12)14-16-9-13(2,3)10-17-14/h5-8H,4,9-10H2,1-3H3. The number of ether oxygens (including phenoxy) is 1. The minimum Gasteiger partial charge on any atom is -0.494 e. The van der Waals surface area contributed by atoms with Gasteiger partial charge in [0.1, 0.15) is 5.75 Å². The molecule has 0 spiro atoms. The van der Waals surface area contributed by atoms with E-state index in [0.717, 1.165) is 11.2 Å². The topological polar surface area (TPSA) is 27.7 Å². The summed E-state index contributed by atoms with van der Waals surface area (Å²) >= 11 is 0. The molecule has 0 radical (unpaired) electrons. The number of benzene rings is 1. The van der Waals surface area contributed by atoms with E-state index in [9.17, 15) is 0 Å². The average Bonchev–Trinajstić information content (AvgIpc) is 2.31.